The summed E-state index contributed by atoms with van der Waals surface area (Å²) in [6, 6.07) is 5.72. The van der Waals surface area contributed by atoms with Crippen LogP contribution in [0.2, 0.25) is 5.02 Å². The topological polar surface area (TPSA) is 63.8 Å². The minimum atomic E-state index is -0.0466. The molecule has 3 N–H and O–H groups in total. The van der Waals surface area contributed by atoms with Crippen LogP contribution in [-0.2, 0) is 6.42 Å². The first-order chi connectivity index (χ1) is 8.31. The maximum atomic E-state index is 6.09. The molecule has 4 nitrogen and oxygen atoms in total. The summed E-state index contributed by atoms with van der Waals surface area (Å²) in [7, 11) is 0. The third kappa shape index (κ3) is 3.00. The maximum Gasteiger partial charge on any atom is 0.0637 e. The summed E-state index contributed by atoms with van der Waals surface area (Å²) >= 11 is 6.09. The number of nitrogens with zero attached hydrogens (tertiary/aromatic N) is 2. The van der Waals surface area contributed by atoms with Gasteiger partial charge in [0.05, 0.1) is 11.1 Å². The number of rotatable bonds is 4. The van der Waals surface area contributed by atoms with Crippen molar-refractivity contribution in [3.63, 3.8) is 0 Å². The molecule has 0 amide bonds. The molecular weight excluding hydrogens is 236 g/mol. The molecular formula is C12H13ClN4. The van der Waals surface area contributed by atoms with E-state index in [1.165, 1.54) is 0 Å². The van der Waals surface area contributed by atoms with E-state index in [4.69, 9.17) is 17.4 Å². The van der Waals surface area contributed by atoms with Crippen molar-refractivity contribution in [2.24, 2.45) is 5.84 Å². The highest BCUT2D eigenvalue weighted by molar-refractivity contribution is 6.31. The van der Waals surface area contributed by atoms with Crippen LogP contribution in [0.1, 0.15) is 17.2 Å². The number of nitrogens with two attached hydrogens (primary N) is 1. The molecule has 2 aromatic heterocycles. The molecule has 5 heteroatoms. The second-order valence-electron chi connectivity index (χ2n) is 3.68. The van der Waals surface area contributed by atoms with Gasteiger partial charge in [-0.2, -0.15) is 0 Å². The summed E-state index contributed by atoms with van der Waals surface area (Å²) in [4.78, 5) is 8.03. The van der Waals surface area contributed by atoms with Crippen LogP contribution >= 0.6 is 11.6 Å². The van der Waals surface area contributed by atoms with Crippen molar-refractivity contribution in [3.05, 3.63) is 59.1 Å². The second-order valence-corrected chi connectivity index (χ2v) is 4.09. The molecule has 17 heavy (non-hydrogen) atoms. The lowest BCUT2D eigenvalue weighted by Gasteiger charge is -2.17. The first-order valence-electron chi connectivity index (χ1n) is 5.25. The summed E-state index contributed by atoms with van der Waals surface area (Å²) in [5.41, 5.74) is 4.81. The fourth-order valence-corrected chi connectivity index (χ4v) is 1.93. The molecule has 2 aromatic rings. The van der Waals surface area contributed by atoms with Crippen molar-refractivity contribution in [1.29, 1.82) is 0 Å². The highest BCUT2D eigenvalue weighted by atomic mass is 35.5. The third-order valence-corrected chi connectivity index (χ3v) is 2.86. The molecule has 0 aliphatic rings. The zero-order chi connectivity index (χ0) is 12.1. The molecule has 2 heterocycles. The molecule has 1 atom stereocenters. The first-order valence-corrected chi connectivity index (χ1v) is 5.63. The van der Waals surface area contributed by atoms with Gasteiger partial charge in [0.25, 0.3) is 0 Å². The number of aromatic nitrogens is 2. The Balaban J connectivity index is 2.21. The SMILES string of the molecule is NNC(Cc1cccnc1)c1ccncc1Cl. The van der Waals surface area contributed by atoms with Gasteiger partial charge in [-0.05, 0) is 29.7 Å². The predicted octanol–water partition coefficient (Wildman–Crippen LogP) is 1.88. The molecule has 88 valence electrons. The van der Waals surface area contributed by atoms with Crippen molar-refractivity contribution in [1.82, 2.24) is 15.4 Å². The van der Waals surface area contributed by atoms with Gasteiger partial charge in [-0.15, -0.1) is 0 Å². The standard InChI is InChI=1S/C12H13ClN4/c13-11-8-16-5-3-10(11)12(17-14)6-9-2-1-4-15-7-9/h1-5,7-8,12,17H,6,14H2. The van der Waals surface area contributed by atoms with Gasteiger partial charge in [-0.1, -0.05) is 17.7 Å². The molecule has 0 saturated heterocycles. The van der Waals surface area contributed by atoms with Crippen LogP contribution in [0.15, 0.2) is 43.0 Å². The molecule has 1 unspecified atom stereocenters. The van der Waals surface area contributed by atoms with Crippen molar-refractivity contribution >= 4 is 11.6 Å². The molecule has 0 aliphatic carbocycles. The molecule has 0 saturated carbocycles. The van der Waals surface area contributed by atoms with Gasteiger partial charge in [-0.3, -0.25) is 21.2 Å². The summed E-state index contributed by atoms with van der Waals surface area (Å²) < 4.78 is 0. The van der Waals surface area contributed by atoms with Gasteiger partial charge >= 0.3 is 0 Å². The van der Waals surface area contributed by atoms with Crippen LogP contribution in [0.3, 0.4) is 0 Å². The van der Waals surface area contributed by atoms with E-state index in [1.54, 1.807) is 18.6 Å². The van der Waals surface area contributed by atoms with Crippen molar-refractivity contribution in [2.45, 2.75) is 12.5 Å². The summed E-state index contributed by atoms with van der Waals surface area (Å²) in [6.45, 7) is 0. The van der Waals surface area contributed by atoms with Gasteiger partial charge in [-0.25, -0.2) is 0 Å². The maximum absolute atomic E-state index is 6.09. The van der Waals surface area contributed by atoms with Crippen LogP contribution in [0.4, 0.5) is 0 Å². The lowest BCUT2D eigenvalue weighted by molar-refractivity contribution is 0.551. The Morgan fingerprint density at radius 1 is 1.24 bits per heavy atom. The molecule has 0 fully saturated rings. The Bertz CT molecular complexity index is 475. The molecule has 0 radical (unpaired) electrons. The van der Waals surface area contributed by atoms with Crippen molar-refractivity contribution in [3.8, 4) is 0 Å². The van der Waals surface area contributed by atoms with Gasteiger partial charge in [0, 0.05) is 24.8 Å². The van der Waals surface area contributed by atoms with Gasteiger partial charge in [0.2, 0.25) is 0 Å². The first kappa shape index (κ1) is 12.0. The number of hydrogen-bond donors (Lipinski definition) is 2. The lowest BCUT2D eigenvalue weighted by Crippen LogP contribution is -2.29. The van der Waals surface area contributed by atoms with E-state index in [-0.39, 0.29) is 6.04 Å². The molecule has 0 aromatic carbocycles. The summed E-state index contributed by atoms with van der Waals surface area (Å²) in [5.74, 6) is 5.57. The van der Waals surface area contributed by atoms with Crippen molar-refractivity contribution in [2.75, 3.05) is 0 Å². The zero-order valence-corrected chi connectivity index (χ0v) is 9.93. The molecule has 0 bridgehead atoms. The normalized spacial score (nSPS) is 12.4. The van der Waals surface area contributed by atoms with Gasteiger partial charge < -0.3 is 0 Å². The smallest absolute Gasteiger partial charge is 0.0637 e. The van der Waals surface area contributed by atoms with Crippen LogP contribution in [0.25, 0.3) is 0 Å². The van der Waals surface area contributed by atoms with Gasteiger partial charge in [0.1, 0.15) is 0 Å². The average molecular weight is 249 g/mol. The number of pyridine rings is 2. The minimum Gasteiger partial charge on any atom is -0.271 e. The molecule has 0 spiro atoms. The monoisotopic (exact) mass is 248 g/mol. The van der Waals surface area contributed by atoms with E-state index in [2.05, 4.69) is 15.4 Å². The molecule has 2 rings (SSSR count). The third-order valence-electron chi connectivity index (χ3n) is 2.54. The highest BCUT2D eigenvalue weighted by Crippen LogP contribution is 2.23. The van der Waals surface area contributed by atoms with E-state index in [9.17, 15) is 0 Å². The average Bonchev–Trinajstić information content (AvgIpc) is 2.38. The predicted molar refractivity (Wildman–Crippen MR) is 67.3 cm³/mol. The van der Waals surface area contributed by atoms with Crippen LogP contribution in [0.5, 0.6) is 0 Å². The highest BCUT2D eigenvalue weighted by Gasteiger charge is 2.13. The van der Waals surface area contributed by atoms with Gasteiger partial charge in [0.15, 0.2) is 0 Å². The van der Waals surface area contributed by atoms with E-state index >= 15 is 0 Å². The van der Waals surface area contributed by atoms with Crippen molar-refractivity contribution < 1.29 is 0 Å². The van der Waals surface area contributed by atoms with Crippen LogP contribution in [-0.4, -0.2) is 9.97 Å². The Labute approximate surface area is 105 Å². The summed E-state index contributed by atoms with van der Waals surface area (Å²) in [6.07, 6.45) is 7.61. The fourth-order valence-electron chi connectivity index (χ4n) is 1.68. The Kier molecular flexibility index (Phi) is 4.03. The summed E-state index contributed by atoms with van der Waals surface area (Å²) in [5, 5.41) is 0.611. The van der Waals surface area contributed by atoms with E-state index in [1.807, 2.05) is 24.4 Å². The number of nitrogens with one attached hydrogen (secondary N) is 1. The fraction of sp³-hybridized carbons (Fsp3) is 0.167. The number of halogens is 1. The van der Waals surface area contributed by atoms with E-state index in [0.717, 1.165) is 17.5 Å². The van der Waals surface area contributed by atoms with E-state index < -0.39 is 0 Å². The Morgan fingerprint density at radius 2 is 2.06 bits per heavy atom. The minimum absolute atomic E-state index is 0.0466. The van der Waals surface area contributed by atoms with E-state index in [0.29, 0.717) is 5.02 Å². The Morgan fingerprint density at radius 3 is 2.71 bits per heavy atom. The van der Waals surface area contributed by atoms with Crippen LogP contribution in [0, 0.1) is 0 Å². The number of hydrazine groups is 1. The molecule has 0 aliphatic heterocycles. The quantitative estimate of drug-likeness (QED) is 0.641. The van der Waals surface area contributed by atoms with Crippen LogP contribution < -0.4 is 11.3 Å². The second kappa shape index (κ2) is 5.72. The number of hydrogen-bond acceptors (Lipinski definition) is 4. The Hall–Kier alpha value is -1.49. The largest absolute Gasteiger partial charge is 0.271 e. The lowest BCUT2D eigenvalue weighted by atomic mass is 10.0. The zero-order valence-electron chi connectivity index (χ0n) is 9.18.